The van der Waals surface area contributed by atoms with E-state index in [1.165, 1.54) is 18.9 Å². The SMILES string of the molecule is COc1cccc(C=NC2=N[C@H](c3ccco3)[C@H](c3ccco3)S2)c1O. The van der Waals surface area contributed by atoms with Gasteiger partial charge in [0.2, 0.25) is 0 Å². The number of thioether (sulfide) groups is 1. The molecule has 132 valence electrons. The van der Waals surface area contributed by atoms with Crippen LogP contribution >= 0.6 is 11.8 Å². The number of phenols is 1. The maximum Gasteiger partial charge on any atom is 0.184 e. The number of furan rings is 2. The van der Waals surface area contributed by atoms with E-state index in [1.54, 1.807) is 36.9 Å². The summed E-state index contributed by atoms with van der Waals surface area (Å²) < 4.78 is 16.2. The molecule has 7 heteroatoms. The summed E-state index contributed by atoms with van der Waals surface area (Å²) in [7, 11) is 1.51. The van der Waals surface area contributed by atoms with Gasteiger partial charge in [0.15, 0.2) is 16.7 Å². The summed E-state index contributed by atoms with van der Waals surface area (Å²) >= 11 is 1.50. The van der Waals surface area contributed by atoms with Gasteiger partial charge in [-0.05, 0) is 36.4 Å². The summed E-state index contributed by atoms with van der Waals surface area (Å²) in [5.74, 6) is 2.02. The summed E-state index contributed by atoms with van der Waals surface area (Å²) in [6, 6.07) is 12.5. The number of hydrogen-bond donors (Lipinski definition) is 1. The van der Waals surface area contributed by atoms with Crippen molar-refractivity contribution >= 4 is 23.1 Å². The summed E-state index contributed by atoms with van der Waals surface area (Å²) in [5, 5.41) is 10.7. The Bertz CT molecular complexity index is 933. The van der Waals surface area contributed by atoms with Crippen molar-refractivity contribution in [1.82, 2.24) is 0 Å². The molecular formula is C19H16N2O4S. The summed E-state index contributed by atoms with van der Waals surface area (Å²) in [6.07, 6.45) is 4.85. The third kappa shape index (κ3) is 3.13. The lowest BCUT2D eigenvalue weighted by Crippen LogP contribution is -1.99. The highest BCUT2D eigenvalue weighted by atomic mass is 32.2. The van der Waals surface area contributed by atoms with Crippen LogP contribution in [-0.4, -0.2) is 23.6 Å². The lowest BCUT2D eigenvalue weighted by Gasteiger charge is -2.11. The van der Waals surface area contributed by atoms with Gasteiger partial charge in [0.25, 0.3) is 0 Å². The van der Waals surface area contributed by atoms with Crippen molar-refractivity contribution in [2.45, 2.75) is 11.3 Å². The second-order valence-corrected chi connectivity index (χ2v) is 6.69. The van der Waals surface area contributed by atoms with Crippen LogP contribution in [0.15, 0.2) is 73.8 Å². The molecule has 2 atom stereocenters. The lowest BCUT2D eigenvalue weighted by molar-refractivity contribution is 0.373. The van der Waals surface area contributed by atoms with Gasteiger partial charge in [-0.2, -0.15) is 0 Å². The number of aliphatic imine (C=N–C) groups is 2. The van der Waals surface area contributed by atoms with Crippen molar-refractivity contribution in [3.8, 4) is 11.5 Å². The van der Waals surface area contributed by atoms with Gasteiger partial charge < -0.3 is 18.7 Å². The molecule has 0 fully saturated rings. The van der Waals surface area contributed by atoms with E-state index in [-0.39, 0.29) is 17.0 Å². The fraction of sp³-hybridized carbons (Fsp3) is 0.158. The third-order valence-electron chi connectivity index (χ3n) is 3.99. The molecule has 0 spiro atoms. The van der Waals surface area contributed by atoms with Crippen LogP contribution in [0.1, 0.15) is 28.4 Å². The molecule has 1 N–H and O–H groups in total. The Morgan fingerprint density at radius 2 is 1.88 bits per heavy atom. The topological polar surface area (TPSA) is 80.5 Å². The standard InChI is InChI=1S/C19H16N2O4S/c1-23-14-6-2-5-12(17(14)22)11-20-19-21-16(13-7-3-9-24-13)18(26-19)15-8-4-10-25-15/h2-11,16,18,22H,1H3/t16-,18+/m1/s1. The molecule has 3 heterocycles. The van der Waals surface area contributed by atoms with Crippen LogP contribution in [0, 0.1) is 0 Å². The summed E-state index contributed by atoms with van der Waals surface area (Å²) in [4.78, 5) is 9.11. The van der Waals surface area contributed by atoms with Gasteiger partial charge in [0.1, 0.15) is 22.8 Å². The van der Waals surface area contributed by atoms with E-state index in [2.05, 4.69) is 9.98 Å². The highest BCUT2D eigenvalue weighted by Crippen LogP contribution is 2.49. The van der Waals surface area contributed by atoms with Gasteiger partial charge in [-0.1, -0.05) is 17.8 Å². The van der Waals surface area contributed by atoms with Crippen molar-refractivity contribution in [2.75, 3.05) is 7.11 Å². The predicted octanol–water partition coefficient (Wildman–Crippen LogP) is 4.59. The largest absolute Gasteiger partial charge is 0.504 e. The third-order valence-corrected chi connectivity index (χ3v) is 5.16. The molecule has 1 aliphatic heterocycles. The van der Waals surface area contributed by atoms with Gasteiger partial charge in [0.05, 0.1) is 19.6 Å². The second-order valence-electron chi connectivity index (χ2n) is 5.58. The molecule has 6 nitrogen and oxygen atoms in total. The minimum atomic E-state index is -0.216. The highest BCUT2D eigenvalue weighted by molar-refractivity contribution is 8.14. The number of aromatic hydroxyl groups is 1. The van der Waals surface area contributed by atoms with Crippen molar-refractivity contribution in [3.05, 3.63) is 72.1 Å². The van der Waals surface area contributed by atoms with Gasteiger partial charge >= 0.3 is 0 Å². The van der Waals surface area contributed by atoms with E-state index in [0.29, 0.717) is 16.5 Å². The van der Waals surface area contributed by atoms with E-state index in [9.17, 15) is 5.11 Å². The van der Waals surface area contributed by atoms with Gasteiger partial charge in [-0.15, -0.1) is 0 Å². The molecule has 0 radical (unpaired) electrons. The molecule has 4 rings (SSSR count). The molecule has 3 aromatic rings. The molecule has 0 unspecified atom stereocenters. The normalized spacial score (nSPS) is 19.8. The zero-order valence-corrected chi connectivity index (χ0v) is 14.7. The number of para-hydroxylation sites is 1. The Morgan fingerprint density at radius 1 is 1.12 bits per heavy atom. The van der Waals surface area contributed by atoms with Crippen LogP contribution in [-0.2, 0) is 0 Å². The van der Waals surface area contributed by atoms with E-state index in [4.69, 9.17) is 13.6 Å². The van der Waals surface area contributed by atoms with Gasteiger partial charge in [0, 0.05) is 11.8 Å². The zero-order chi connectivity index (χ0) is 17.9. The van der Waals surface area contributed by atoms with E-state index < -0.39 is 0 Å². The minimum absolute atomic E-state index is 0.0486. The van der Waals surface area contributed by atoms with Crippen LogP contribution in [0.2, 0.25) is 0 Å². The van der Waals surface area contributed by atoms with E-state index >= 15 is 0 Å². The van der Waals surface area contributed by atoms with Gasteiger partial charge in [-0.25, -0.2) is 9.98 Å². The first kappa shape index (κ1) is 16.5. The molecule has 0 saturated heterocycles. The number of phenolic OH excluding ortho intramolecular Hbond substituents is 1. The molecule has 0 saturated carbocycles. The van der Waals surface area contributed by atoms with Crippen LogP contribution < -0.4 is 4.74 Å². The van der Waals surface area contributed by atoms with E-state index in [1.807, 2.05) is 24.3 Å². The van der Waals surface area contributed by atoms with Crippen molar-refractivity contribution in [2.24, 2.45) is 9.98 Å². The van der Waals surface area contributed by atoms with Crippen LogP contribution in [0.25, 0.3) is 0 Å². The number of methoxy groups -OCH3 is 1. The number of amidine groups is 1. The van der Waals surface area contributed by atoms with Gasteiger partial charge in [-0.3, -0.25) is 0 Å². The van der Waals surface area contributed by atoms with Crippen molar-refractivity contribution in [1.29, 1.82) is 0 Å². The van der Waals surface area contributed by atoms with Crippen LogP contribution in [0.3, 0.4) is 0 Å². The van der Waals surface area contributed by atoms with Crippen molar-refractivity contribution < 1.29 is 18.7 Å². The number of ether oxygens (including phenoxy) is 1. The average molecular weight is 368 g/mol. The monoisotopic (exact) mass is 368 g/mol. The zero-order valence-electron chi connectivity index (χ0n) is 13.9. The number of rotatable bonds is 4. The molecule has 0 bridgehead atoms. The molecular weight excluding hydrogens is 352 g/mol. The smallest absolute Gasteiger partial charge is 0.184 e. The number of nitrogens with zero attached hydrogens (tertiary/aromatic N) is 2. The van der Waals surface area contributed by atoms with Crippen LogP contribution in [0.4, 0.5) is 0 Å². The molecule has 1 aliphatic rings. The maximum absolute atomic E-state index is 10.2. The molecule has 0 amide bonds. The fourth-order valence-corrected chi connectivity index (χ4v) is 3.82. The fourth-order valence-electron chi connectivity index (χ4n) is 2.73. The molecule has 2 aromatic heterocycles. The second kappa shape index (κ2) is 7.13. The minimum Gasteiger partial charge on any atom is -0.504 e. The van der Waals surface area contributed by atoms with Crippen molar-refractivity contribution in [3.63, 3.8) is 0 Å². The Morgan fingerprint density at radius 3 is 2.58 bits per heavy atom. The molecule has 26 heavy (non-hydrogen) atoms. The van der Waals surface area contributed by atoms with Crippen LogP contribution in [0.5, 0.6) is 11.5 Å². The lowest BCUT2D eigenvalue weighted by atomic mass is 10.1. The molecule has 1 aromatic carbocycles. The first-order chi connectivity index (χ1) is 12.8. The maximum atomic E-state index is 10.2. The number of hydrogen-bond acceptors (Lipinski definition) is 7. The van der Waals surface area contributed by atoms with E-state index in [0.717, 1.165) is 11.5 Å². The predicted molar refractivity (Wildman–Crippen MR) is 100 cm³/mol. The summed E-state index contributed by atoms with van der Waals surface area (Å²) in [6.45, 7) is 0. The Kier molecular flexibility index (Phi) is 4.53. The average Bonchev–Trinajstić information content (AvgIpc) is 3.40. The Balaban J connectivity index is 1.62. The quantitative estimate of drug-likeness (QED) is 0.681. The first-order valence-corrected chi connectivity index (χ1v) is 8.85. The Labute approximate surface area is 154 Å². The molecule has 0 aliphatic carbocycles. The highest BCUT2D eigenvalue weighted by Gasteiger charge is 2.36. The summed E-state index contributed by atoms with van der Waals surface area (Å²) in [5.41, 5.74) is 0.559. The first-order valence-electron chi connectivity index (χ1n) is 7.97. The number of benzene rings is 1. The Hall–Kier alpha value is -2.93.